The Bertz CT molecular complexity index is 1200. The highest BCUT2D eigenvalue weighted by Gasteiger charge is 2.47. The van der Waals surface area contributed by atoms with Gasteiger partial charge < -0.3 is 0 Å². The molecule has 0 aliphatic heterocycles. The number of thiazole rings is 1. The van der Waals surface area contributed by atoms with Gasteiger partial charge in [0.15, 0.2) is 0 Å². The van der Waals surface area contributed by atoms with E-state index >= 15 is 0 Å². The van der Waals surface area contributed by atoms with Crippen LogP contribution in [0.25, 0.3) is 20.9 Å². The number of fused-ring (bicyclic) bond motifs is 1. The number of benzene rings is 2. The van der Waals surface area contributed by atoms with Gasteiger partial charge in [0.1, 0.15) is 15.4 Å². The number of aryl methyl sites for hydroxylation is 1. The van der Waals surface area contributed by atoms with E-state index in [0.29, 0.717) is 5.56 Å². The van der Waals surface area contributed by atoms with E-state index in [0.717, 1.165) is 45.0 Å². The van der Waals surface area contributed by atoms with Gasteiger partial charge in [0, 0.05) is 11.0 Å². The summed E-state index contributed by atoms with van der Waals surface area (Å²) in [5.41, 5.74) is 6.32. The first-order valence-electron chi connectivity index (χ1n) is 9.04. The molecule has 1 aliphatic carbocycles. The van der Waals surface area contributed by atoms with Crippen LogP contribution in [-0.4, -0.2) is 9.97 Å². The molecule has 27 heavy (non-hydrogen) atoms. The number of hydrogen-bond donors (Lipinski definition) is 0. The molecule has 130 valence electrons. The first kappa shape index (κ1) is 16.2. The molecule has 2 aromatic heterocycles. The summed E-state index contributed by atoms with van der Waals surface area (Å²) < 4.78 is 0. The van der Waals surface area contributed by atoms with Gasteiger partial charge in [-0.15, -0.1) is 0 Å². The highest BCUT2D eigenvalue weighted by Crippen LogP contribution is 2.53. The third-order valence-corrected chi connectivity index (χ3v) is 6.41. The molecule has 3 nitrogen and oxygen atoms in total. The van der Waals surface area contributed by atoms with Gasteiger partial charge in [0.2, 0.25) is 0 Å². The van der Waals surface area contributed by atoms with Gasteiger partial charge in [0.05, 0.1) is 17.3 Å². The minimum Gasteiger partial charge on any atom is -0.239 e. The number of nitriles is 1. The monoisotopic (exact) mass is 367 g/mol. The summed E-state index contributed by atoms with van der Waals surface area (Å²) in [5, 5.41) is 10.0. The Morgan fingerprint density at radius 1 is 1.00 bits per heavy atom. The zero-order chi connectivity index (χ0) is 18.4. The fourth-order valence-electron chi connectivity index (χ4n) is 3.75. The lowest BCUT2D eigenvalue weighted by molar-refractivity contribution is 0.811. The van der Waals surface area contributed by atoms with Crippen LogP contribution in [0, 0.1) is 18.3 Å². The van der Waals surface area contributed by atoms with E-state index in [-0.39, 0.29) is 5.41 Å². The third kappa shape index (κ3) is 2.63. The van der Waals surface area contributed by atoms with Crippen LogP contribution in [0.15, 0.2) is 60.7 Å². The lowest BCUT2D eigenvalue weighted by Gasteiger charge is -2.14. The van der Waals surface area contributed by atoms with E-state index in [1.165, 1.54) is 5.56 Å². The second-order valence-electron chi connectivity index (χ2n) is 7.13. The van der Waals surface area contributed by atoms with E-state index in [1.807, 2.05) is 25.1 Å². The maximum atomic E-state index is 9.07. The number of nitrogens with zero attached hydrogens (tertiary/aromatic N) is 3. The molecule has 5 rings (SSSR count). The van der Waals surface area contributed by atoms with Crippen LogP contribution >= 0.6 is 11.3 Å². The average Bonchev–Trinajstić information content (AvgIpc) is 3.41. The topological polar surface area (TPSA) is 49.6 Å². The van der Waals surface area contributed by atoms with Crippen LogP contribution in [0.4, 0.5) is 0 Å². The molecule has 0 bridgehead atoms. The van der Waals surface area contributed by atoms with Gasteiger partial charge in [-0.3, -0.25) is 0 Å². The number of rotatable bonds is 3. The molecule has 4 aromatic rings. The first-order valence-corrected chi connectivity index (χ1v) is 9.86. The Labute approximate surface area is 162 Å². The summed E-state index contributed by atoms with van der Waals surface area (Å²) in [4.78, 5) is 10.8. The van der Waals surface area contributed by atoms with Gasteiger partial charge in [-0.05, 0) is 55.2 Å². The van der Waals surface area contributed by atoms with Crippen molar-refractivity contribution in [1.29, 1.82) is 5.26 Å². The molecule has 1 fully saturated rings. The zero-order valence-corrected chi connectivity index (χ0v) is 15.8. The van der Waals surface area contributed by atoms with Crippen molar-refractivity contribution < 1.29 is 0 Å². The molecule has 1 aliphatic rings. The van der Waals surface area contributed by atoms with Crippen molar-refractivity contribution in [2.45, 2.75) is 25.2 Å². The standard InChI is InChI=1S/C23H17N3S/c1-15-13-16(14-24)7-8-18(15)21-25-19-9-10-20(26-22(19)27-21)23(11-12-23)17-5-3-2-4-6-17/h2-10,13H,11-12H2,1H3. The van der Waals surface area contributed by atoms with Crippen molar-refractivity contribution in [3.8, 4) is 16.6 Å². The molecule has 0 unspecified atom stereocenters. The zero-order valence-electron chi connectivity index (χ0n) is 14.9. The van der Waals surface area contributed by atoms with Gasteiger partial charge in [-0.1, -0.05) is 47.7 Å². The molecule has 4 heteroatoms. The van der Waals surface area contributed by atoms with E-state index in [2.05, 4.69) is 48.5 Å². The Kier molecular flexibility index (Phi) is 3.60. The van der Waals surface area contributed by atoms with Crippen LogP contribution in [0.2, 0.25) is 0 Å². The predicted octanol–water partition coefficient (Wildman–Crippen LogP) is 5.62. The van der Waals surface area contributed by atoms with E-state index in [1.54, 1.807) is 11.3 Å². The third-order valence-electron chi connectivity index (χ3n) is 5.41. The molecule has 0 saturated heterocycles. The summed E-state index contributed by atoms with van der Waals surface area (Å²) in [6.45, 7) is 2.02. The Balaban J connectivity index is 1.58. The van der Waals surface area contributed by atoms with Crippen molar-refractivity contribution >= 4 is 21.7 Å². The minimum atomic E-state index is 0.0734. The Hall–Kier alpha value is -3.03. The average molecular weight is 367 g/mol. The fourth-order valence-corrected chi connectivity index (χ4v) is 4.78. The molecule has 2 heterocycles. The summed E-state index contributed by atoms with van der Waals surface area (Å²) in [7, 11) is 0. The molecular weight excluding hydrogens is 350 g/mol. The van der Waals surface area contributed by atoms with Gasteiger partial charge >= 0.3 is 0 Å². The number of aromatic nitrogens is 2. The lowest BCUT2D eigenvalue weighted by Crippen LogP contribution is -2.10. The largest absolute Gasteiger partial charge is 0.239 e. The molecular formula is C23H17N3S. The number of pyridine rings is 1. The highest BCUT2D eigenvalue weighted by atomic mass is 32.1. The van der Waals surface area contributed by atoms with Crippen LogP contribution in [0.5, 0.6) is 0 Å². The van der Waals surface area contributed by atoms with Crippen LogP contribution < -0.4 is 0 Å². The van der Waals surface area contributed by atoms with Gasteiger partial charge in [0.25, 0.3) is 0 Å². The molecule has 1 saturated carbocycles. The fraction of sp³-hybridized carbons (Fsp3) is 0.174. The summed E-state index contributed by atoms with van der Waals surface area (Å²) in [6, 6.07) is 22.8. The molecule has 0 spiro atoms. The second-order valence-corrected chi connectivity index (χ2v) is 8.11. The molecule has 0 radical (unpaired) electrons. The Morgan fingerprint density at radius 3 is 2.52 bits per heavy atom. The van der Waals surface area contributed by atoms with Crippen LogP contribution in [-0.2, 0) is 5.41 Å². The SMILES string of the molecule is Cc1cc(C#N)ccc1-c1nc2ccc(C3(c4ccccc4)CC3)nc2s1. The normalized spacial score (nSPS) is 14.8. The first-order chi connectivity index (χ1) is 13.2. The van der Waals surface area contributed by atoms with Crippen molar-refractivity contribution in [3.05, 3.63) is 83.0 Å². The van der Waals surface area contributed by atoms with E-state index < -0.39 is 0 Å². The maximum absolute atomic E-state index is 9.07. The van der Waals surface area contributed by atoms with Crippen LogP contribution in [0.3, 0.4) is 0 Å². The second kappa shape index (κ2) is 6.00. The number of hydrogen-bond acceptors (Lipinski definition) is 4. The van der Waals surface area contributed by atoms with E-state index in [4.69, 9.17) is 15.2 Å². The highest BCUT2D eigenvalue weighted by molar-refractivity contribution is 7.21. The van der Waals surface area contributed by atoms with Crippen molar-refractivity contribution in [2.24, 2.45) is 0 Å². The Morgan fingerprint density at radius 2 is 1.81 bits per heavy atom. The summed E-state index contributed by atoms with van der Waals surface area (Å²) in [5.74, 6) is 0. The van der Waals surface area contributed by atoms with Gasteiger partial charge in [-0.25, -0.2) is 9.97 Å². The molecule has 2 aromatic carbocycles. The molecule has 0 amide bonds. The van der Waals surface area contributed by atoms with Crippen molar-refractivity contribution in [3.63, 3.8) is 0 Å². The minimum absolute atomic E-state index is 0.0734. The molecule has 0 atom stereocenters. The summed E-state index contributed by atoms with van der Waals surface area (Å²) in [6.07, 6.45) is 2.30. The predicted molar refractivity (Wildman–Crippen MR) is 109 cm³/mol. The van der Waals surface area contributed by atoms with Gasteiger partial charge in [-0.2, -0.15) is 5.26 Å². The summed E-state index contributed by atoms with van der Waals surface area (Å²) >= 11 is 1.63. The lowest BCUT2D eigenvalue weighted by atomic mass is 9.92. The van der Waals surface area contributed by atoms with E-state index in [9.17, 15) is 0 Å². The van der Waals surface area contributed by atoms with Crippen molar-refractivity contribution in [1.82, 2.24) is 9.97 Å². The quantitative estimate of drug-likeness (QED) is 0.472. The maximum Gasteiger partial charge on any atom is 0.144 e. The van der Waals surface area contributed by atoms with Crippen LogP contribution in [0.1, 0.15) is 35.2 Å². The smallest absolute Gasteiger partial charge is 0.144 e. The molecule has 0 N–H and O–H groups in total. The van der Waals surface area contributed by atoms with Crippen molar-refractivity contribution in [2.75, 3.05) is 0 Å².